The third kappa shape index (κ3) is 3.12. The molecule has 1 aliphatic carbocycles. The van der Waals surface area contributed by atoms with Crippen molar-refractivity contribution in [2.75, 3.05) is 7.11 Å². The summed E-state index contributed by atoms with van der Waals surface area (Å²) in [6.45, 7) is 3.17. The molecule has 0 aliphatic heterocycles. The van der Waals surface area contributed by atoms with E-state index in [1.807, 2.05) is 6.07 Å². The fourth-order valence-corrected chi connectivity index (χ4v) is 3.30. The Morgan fingerprint density at radius 3 is 2.72 bits per heavy atom. The lowest BCUT2D eigenvalue weighted by Crippen LogP contribution is -2.49. The molecule has 1 aromatic rings. The summed E-state index contributed by atoms with van der Waals surface area (Å²) in [4.78, 5) is 13.6. The zero-order valence-corrected chi connectivity index (χ0v) is 11.9. The molecule has 0 bridgehead atoms. The van der Waals surface area contributed by atoms with Gasteiger partial charge in [0.15, 0.2) is 0 Å². The number of ether oxygens (including phenoxy) is 1. The molecule has 1 heterocycles. The van der Waals surface area contributed by atoms with E-state index in [2.05, 4.69) is 23.0 Å². The number of methoxy groups -OCH3 is 1. The average Bonchev–Trinajstić information content (AvgIpc) is 2.76. The maximum atomic E-state index is 11.2. The molecular weight excluding hydrogens is 246 g/mol. The van der Waals surface area contributed by atoms with Gasteiger partial charge in [0, 0.05) is 21.8 Å². The van der Waals surface area contributed by atoms with Crippen LogP contribution in [-0.2, 0) is 22.5 Å². The Hall–Kier alpha value is -0.870. The summed E-state index contributed by atoms with van der Waals surface area (Å²) in [6, 6.07) is 4.13. The van der Waals surface area contributed by atoms with Gasteiger partial charge in [-0.05, 0) is 37.8 Å². The standard InChI is InChI=1S/C14H21NO2S/c1-3-14(7-4-8-14)15-10-12-6-5-11(18-12)9-13(16)17-2/h5-6,15H,3-4,7-10H2,1-2H3. The van der Waals surface area contributed by atoms with Gasteiger partial charge in [0.1, 0.15) is 0 Å². The van der Waals surface area contributed by atoms with E-state index in [9.17, 15) is 4.79 Å². The molecule has 4 heteroatoms. The fraction of sp³-hybridized carbons (Fsp3) is 0.643. The lowest BCUT2D eigenvalue weighted by atomic mass is 9.75. The van der Waals surface area contributed by atoms with Crippen molar-refractivity contribution in [2.45, 2.75) is 51.1 Å². The van der Waals surface area contributed by atoms with E-state index >= 15 is 0 Å². The van der Waals surface area contributed by atoms with Gasteiger partial charge in [-0.3, -0.25) is 4.79 Å². The van der Waals surface area contributed by atoms with Crippen LogP contribution in [-0.4, -0.2) is 18.6 Å². The van der Waals surface area contributed by atoms with E-state index in [-0.39, 0.29) is 5.97 Å². The summed E-state index contributed by atoms with van der Waals surface area (Å²) in [6.07, 6.45) is 5.53. The second-order valence-corrected chi connectivity index (χ2v) is 6.21. The Morgan fingerprint density at radius 2 is 2.17 bits per heavy atom. The number of carbonyl (C=O) groups is 1. The molecule has 0 spiro atoms. The number of thiophene rings is 1. The molecule has 0 amide bonds. The van der Waals surface area contributed by atoms with Gasteiger partial charge in [0.2, 0.25) is 0 Å². The van der Waals surface area contributed by atoms with Gasteiger partial charge in [-0.1, -0.05) is 6.92 Å². The predicted octanol–water partition coefficient (Wildman–Crippen LogP) is 2.89. The molecule has 1 N–H and O–H groups in total. The summed E-state index contributed by atoms with van der Waals surface area (Å²) in [7, 11) is 1.43. The Balaban J connectivity index is 1.85. The topological polar surface area (TPSA) is 38.3 Å². The summed E-state index contributed by atoms with van der Waals surface area (Å²) in [5, 5.41) is 3.67. The van der Waals surface area contributed by atoms with Crippen LogP contribution in [0.1, 0.15) is 42.4 Å². The van der Waals surface area contributed by atoms with E-state index < -0.39 is 0 Å². The smallest absolute Gasteiger partial charge is 0.310 e. The summed E-state index contributed by atoms with van der Waals surface area (Å²) in [5.41, 5.74) is 0.381. The lowest BCUT2D eigenvalue weighted by Gasteiger charge is -2.42. The second-order valence-electron chi connectivity index (χ2n) is 4.96. The van der Waals surface area contributed by atoms with Crippen molar-refractivity contribution in [3.8, 4) is 0 Å². The van der Waals surface area contributed by atoms with Crippen LogP contribution in [0.2, 0.25) is 0 Å². The highest BCUT2D eigenvalue weighted by Gasteiger charge is 2.34. The zero-order valence-electron chi connectivity index (χ0n) is 11.1. The minimum absolute atomic E-state index is 0.166. The largest absolute Gasteiger partial charge is 0.469 e. The molecule has 3 nitrogen and oxygen atoms in total. The highest BCUT2D eigenvalue weighted by Crippen LogP contribution is 2.35. The van der Waals surface area contributed by atoms with E-state index in [0.717, 1.165) is 11.4 Å². The van der Waals surface area contributed by atoms with Crippen LogP contribution in [0.25, 0.3) is 0 Å². The second kappa shape index (κ2) is 5.85. The van der Waals surface area contributed by atoms with Gasteiger partial charge in [-0.25, -0.2) is 0 Å². The van der Waals surface area contributed by atoms with Gasteiger partial charge in [-0.15, -0.1) is 11.3 Å². The maximum Gasteiger partial charge on any atom is 0.310 e. The van der Waals surface area contributed by atoms with Crippen molar-refractivity contribution in [3.05, 3.63) is 21.9 Å². The average molecular weight is 267 g/mol. The molecule has 1 fully saturated rings. The van der Waals surface area contributed by atoms with Crippen LogP contribution in [0, 0.1) is 0 Å². The van der Waals surface area contributed by atoms with Crippen molar-refractivity contribution < 1.29 is 9.53 Å². The van der Waals surface area contributed by atoms with Crippen LogP contribution in [0.3, 0.4) is 0 Å². The Bertz CT molecular complexity index is 404. The van der Waals surface area contributed by atoms with E-state index in [1.165, 1.54) is 37.7 Å². The number of nitrogens with one attached hydrogen (secondary N) is 1. The molecular formula is C14H21NO2S. The first-order valence-electron chi connectivity index (χ1n) is 6.57. The summed E-state index contributed by atoms with van der Waals surface area (Å²) < 4.78 is 4.67. The Kier molecular flexibility index (Phi) is 4.40. The monoisotopic (exact) mass is 267 g/mol. The van der Waals surface area contributed by atoms with Gasteiger partial charge >= 0.3 is 5.97 Å². The minimum atomic E-state index is -0.166. The summed E-state index contributed by atoms with van der Waals surface area (Å²) in [5.74, 6) is -0.166. The van der Waals surface area contributed by atoms with E-state index in [1.54, 1.807) is 11.3 Å². The first-order chi connectivity index (χ1) is 8.67. The number of hydrogen-bond donors (Lipinski definition) is 1. The number of rotatable bonds is 6. The molecule has 0 saturated heterocycles. The van der Waals surface area contributed by atoms with Crippen molar-refractivity contribution in [1.82, 2.24) is 5.32 Å². The van der Waals surface area contributed by atoms with Crippen LogP contribution < -0.4 is 5.32 Å². The highest BCUT2D eigenvalue weighted by molar-refractivity contribution is 7.12. The molecule has 100 valence electrons. The fourth-order valence-electron chi connectivity index (χ4n) is 2.36. The molecule has 18 heavy (non-hydrogen) atoms. The molecule has 1 aromatic heterocycles. The van der Waals surface area contributed by atoms with Crippen molar-refractivity contribution >= 4 is 17.3 Å². The van der Waals surface area contributed by atoms with Crippen molar-refractivity contribution in [3.63, 3.8) is 0 Å². The Labute approximate surface area is 113 Å². The van der Waals surface area contributed by atoms with Gasteiger partial charge < -0.3 is 10.1 Å². The first kappa shape index (κ1) is 13.6. The third-order valence-corrected chi connectivity index (χ3v) is 4.97. The molecule has 0 unspecified atom stereocenters. The van der Waals surface area contributed by atoms with Crippen LogP contribution in [0.5, 0.6) is 0 Å². The number of esters is 1. The number of carbonyl (C=O) groups excluding carboxylic acids is 1. The van der Waals surface area contributed by atoms with Gasteiger partial charge in [-0.2, -0.15) is 0 Å². The SMILES string of the molecule is CCC1(NCc2ccc(CC(=O)OC)s2)CCC1. The number of hydrogen-bond acceptors (Lipinski definition) is 4. The highest BCUT2D eigenvalue weighted by atomic mass is 32.1. The minimum Gasteiger partial charge on any atom is -0.469 e. The van der Waals surface area contributed by atoms with E-state index in [0.29, 0.717) is 12.0 Å². The normalized spacial score (nSPS) is 17.2. The maximum absolute atomic E-state index is 11.2. The van der Waals surface area contributed by atoms with Crippen LogP contribution >= 0.6 is 11.3 Å². The molecule has 1 aliphatic rings. The van der Waals surface area contributed by atoms with Crippen LogP contribution in [0.4, 0.5) is 0 Å². The van der Waals surface area contributed by atoms with Crippen molar-refractivity contribution in [1.29, 1.82) is 0 Å². The molecule has 0 radical (unpaired) electrons. The third-order valence-electron chi connectivity index (χ3n) is 3.89. The van der Waals surface area contributed by atoms with Gasteiger partial charge in [0.05, 0.1) is 13.5 Å². The summed E-state index contributed by atoms with van der Waals surface area (Å²) >= 11 is 1.70. The molecule has 1 saturated carbocycles. The Morgan fingerprint density at radius 1 is 1.44 bits per heavy atom. The van der Waals surface area contributed by atoms with Crippen LogP contribution in [0.15, 0.2) is 12.1 Å². The molecule has 0 aromatic carbocycles. The molecule has 2 rings (SSSR count). The quantitative estimate of drug-likeness (QED) is 0.805. The molecule has 0 atom stereocenters. The van der Waals surface area contributed by atoms with Gasteiger partial charge in [0.25, 0.3) is 0 Å². The van der Waals surface area contributed by atoms with E-state index in [4.69, 9.17) is 0 Å². The lowest BCUT2D eigenvalue weighted by molar-refractivity contribution is -0.139. The predicted molar refractivity (Wildman–Crippen MR) is 73.8 cm³/mol. The first-order valence-corrected chi connectivity index (χ1v) is 7.38. The van der Waals surface area contributed by atoms with Crippen molar-refractivity contribution in [2.24, 2.45) is 0 Å². The zero-order chi connectivity index (χ0) is 13.0.